The van der Waals surface area contributed by atoms with E-state index >= 15 is 0 Å². The largest absolute Gasteiger partial charge is 0.342 e. The van der Waals surface area contributed by atoms with Crippen LogP contribution < -0.4 is 10.5 Å². The number of rotatable bonds is 3. The molecule has 8 heteroatoms. The van der Waals surface area contributed by atoms with Crippen LogP contribution >= 0.6 is 0 Å². The minimum Gasteiger partial charge on any atom is -0.342 e. The van der Waals surface area contributed by atoms with E-state index in [4.69, 9.17) is 4.98 Å². The van der Waals surface area contributed by atoms with Gasteiger partial charge in [0.15, 0.2) is 0 Å². The molecule has 1 N–H and O–H groups in total. The van der Waals surface area contributed by atoms with Crippen molar-refractivity contribution < 1.29 is 4.79 Å². The molecular formula is C18H24N6O2. The fraction of sp³-hybridized carbons (Fsp3) is 0.556. The Morgan fingerprint density at radius 1 is 1.23 bits per heavy atom. The lowest BCUT2D eigenvalue weighted by molar-refractivity contribution is 0.0731. The molecule has 0 aliphatic carbocycles. The summed E-state index contributed by atoms with van der Waals surface area (Å²) in [6, 6.07) is 0. The van der Waals surface area contributed by atoms with Crippen LogP contribution in [0.4, 0.5) is 5.95 Å². The molecule has 8 nitrogen and oxygen atoms in total. The summed E-state index contributed by atoms with van der Waals surface area (Å²) in [6.07, 6.45) is 7.36. The maximum absolute atomic E-state index is 12.8. The number of H-pyrrole nitrogens is 1. The van der Waals surface area contributed by atoms with Crippen LogP contribution in [0.3, 0.4) is 0 Å². The topological polar surface area (TPSA) is 87.1 Å². The van der Waals surface area contributed by atoms with Crippen molar-refractivity contribution in [2.45, 2.75) is 45.7 Å². The summed E-state index contributed by atoms with van der Waals surface area (Å²) in [5.74, 6) is 0.582. The van der Waals surface area contributed by atoms with E-state index in [1.807, 2.05) is 6.92 Å². The van der Waals surface area contributed by atoms with E-state index in [0.29, 0.717) is 36.6 Å². The molecule has 0 atom stereocenters. The molecule has 2 aliphatic rings. The fourth-order valence-corrected chi connectivity index (χ4v) is 3.68. The molecular weight excluding hydrogens is 332 g/mol. The maximum atomic E-state index is 12.8. The number of hydrogen-bond donors (Lipinski definition) is 1. The van der Waals surface area contributed by atoms with Gasteiger partial charge in [0, 0.05) is 37.9 Å². The highest BCUT2D eigenvalue weighted by atomic mass is 16.2. The van der Waals surface area contributed by atoms with Crippen molar-refractivity contribution in [1.82, 2.24) is 24.6 Å². The van der Waals surface area contributed by atoms with Gasteiger partial charge in [-0.15, -0.1) is 0 Å². The zero-order chi connectivity index (χ0) is 18.1. The number of nitrogens with zero attached hydrogens (tertiary/aromatic N) is 5. The van der Waals surface area contributed by atoms with Gasteiger partial charge < -0.3 is 9.80 Å². The van der Waals surface area contributed by atoms with Crippen molar-refractivity contribution in [3.8, 4) is 0 Å². The number of carbonyl (C=O) groups excluding carboxylic acids is 1. The normalized spacial score (nSPS) is 17.3. The second kappa shape index (κ2) is 6.93. The summed E-state index contributed by atoms with van der Waals surface area (Å²) >= 11 is 0. The van der Waals surface area contributed by atoms with E-state index in [0.717, 1.165) is 38.2 Å². The van der Waals surface area contributed by atoms with Gasteiger partial charge in [0.25, 0.3) is 11.5 Å². The fourth-order valence-electron chi connectivity index (χ4n) is 3.68. The Labute approximate surface area is 151 Å². The van der Waals surface area contributed by atoms with E-state index in [9.17, 15) is 9.59 Å². The molecule has 2 aromatic heterocycles. The Kier molecular flexibility index (Phi) is 4.48. The van der Waals surface area contributed by atoms with Crippen LogP contribution in [0.15, 0.2) is 17.2 Å². The van der Waals surface area contributed by atoms with Crippen LogP contribution in [0.5, 0.6) is 0 Å². The number of aryl methyl sites for hydroxylation is 1. The van der Waals surface area contributed by atoms with Crippen LogP contribution in [0, 0.1) is 0 Å². The number of aromatic nitrogens is 4. The highest BCUT2D eigenvalue weighted by Gasteiger charge is 2.27. The zero-order valence-electron chi connectivity index (χ0n) is 15.1. The summed E-state index contributed by atoms with van der Waals surface area (Å²) in [6.45, 7) is 5.44. The zero-order valence-corrected chi connectivity index (χ0v) is 15.1. The second-order valence-corrected chi connectivity index (χ2v) is 6.92. The lowest BCUT2D eigenvalue weighted by Crippen LogP contribution is -2.40. The van der Waals surface area contributed by atoms with Gasteiger partial charge in [-0.2, -0.15) is 5.10 Å². The molecule has 0 spiro atoms. The van der Waals surface area contributed by atoms with Gasteiger partial charge >= 0.3 is 0 Å². The Hall–Kier alpha value is -2.64. The maximum Gasteiger partial charge on any atom is 0.257 e. The summed E-state index contributed by atoms with van der Waals surface area (Å²) < 4.78 is 1.74. The van der Waals surface area contributed by atoms with E-state index in [-0.39, 0.29) is 11.5 Å². The second-order valence-electron chi connectivity index (χ2n) is 6.92. The Balaban J connectivity index is 1.57. The number of piperidine rings is 1. The first-order valence-electron chi connectivity index (χ1n) is 9.34. The summed E-state index contributed by atoms with van der Waals surface area (Å²) in [5.41, 5.74) is 1.94. The molecule has 1 saturated heterocycles. The van der Waals surface area contributed by atoms with Crippen molar-refractivity contribution in [1.29, 1.82) is 0 Å². The minimum absolute atomic E-state index is 0.0584. The molecule has 1 fully saturated rings. The quantitative estimate of drug-likeness (QED) is 0.892. The molecule has 2 aromatic rings. The molecule has 26 heavy (non-hydrogen) atoms. The minimum atomic E-state index is -0.0681. The van der Waals surface area contributed by atoms with Gasteiger partial charge in [-0.3, -0.25) is 19.3 Å². The SMILES string of the molecule is CCn1cc(C(=O)N2CCc3c(nc(N4CCCCC4)[nH]c3=O)C2)cn1. The van der Waals surface area contributed by atoms with Crippen molar-refractivity contribution >= 4 is 11.9 Å². The van der Waals surface area contributed by atoms with Crippen molar-refractivity contribution in [2.75, 3.05) is 24.5 Å². The van der Waals surface area contributed by atoms with Gasteiger partial charge in [-0.25, -0.2) is 4.98 Å². The number of hydrogen-bond acceptors (Lipinski definition) is 5. The molecule has 138 valence electrons. The molecule has 0 unspecified atom stereocenters. The predicted octanol–water partition coefficient (Wildman–Crippen LogP) is 1.18. The van der Waals surface area contributed by atoms with E-state index in [1.54, 1.807) is 22.0 Å². The Morgan fingerprint density at radius 3 is 2.77 bits per heavy atom. The summed E-state index contributed by atoms with van der Waals surface area (Å²) in [7, 11) is 0. The molecule has 4 heterocycles. The summed E-state index contributed by atoms with van der Waals surface area (Å²) in [5, 5.41) is 4.18. The highest BCUT2D eigenvalue weighted by molar-refractivity contribution is 5.93. The van der Waals surface area contributed by atoms with E-state index in [1.165, 1.54) is 6.42 Å². The Morgan fingerprint density at radius 2 is 2.04 bits per heavy atom. The number of fused-ring (bicyclic) bond motifs is 1. The van der Waals surface area contributed by atoms with Gasteiger partial charge in [0.1, 0.15) is 0 Å². The highest BCUT2D eigenvalue weighted by Crippen LogP contribution is 2.20. The summed E-state index contributed by atoms with van der Waals surface area (Å²) in [4.78, 5) is 36.8. The standard InChI is InChI=1S/C18H24N6O2/c1-2-24-11-13(10-19-24)17(26)23-9-6-14-15(12-23)20-18(21-16(14)25)22-7-4-3-5-8-22/h10-11H,2-9,12H2,1H3,(H,20,21,25). The third-order valence-electron chi connectivity index (χ3n) is 5.21. The molecule has 1 amide bonds. The van der Waals surface area contributed by atoms with Gasteiger partial charge in [-0.1, -0.05) is 0 Å². The predicted molar refractivity (Wildman–Crippen MR) is 97.3 cm³/mol. The lowest BCUT2D eigenvalue weighted by atomic mass is 10.1. The number of carbonyl (C=O) groups is 1. The first kappa shape index (κ1) is 16.8. The number of nitrogens with one attached hydrogen (secondary N) is 1. The van der Waals surface area contributed by atoms with Gasteiger partial charge in [-0.05, 0) is 32.6 Å². The van der Waals surface area contributed by atoms with Gasteiger partial charge in [0.2, 0.25) is 5.95 Å². The van der Waals surface area contributed by atoms with Gasteiger partial charge in [0.05, 0.1) is 24.0 Å². The van der Waals surface area contributed by atoms with Crippen molar-refractivity contribution in [2.24, 2.45) is 0 Å². The Bertz CT molecular complexity index is 865. The smallest absolute Gasteiger partial charge is 0.257 e. The molecule has 0 saturated carbocycles. The molecule has 0 aromatic carbocycles. The van der Waals surface area contributed by atoms with E-state index in [2.05, 4.69) is 15.0 Å². The third kappa shape index (κ3) is 3.11. The third-order valence-corrected chi connectivity index (χ3v) is 5.21. The molecule has 2 aliphatic heterocycles. The van der Waals surface area contributed by atoms with Crippen molar-refractivity contribution in [3.05, 3.63) is 39.6 Å². The van der Waals surface area contributed by atoms with Crippen LogP contribution in [-0.2, 0) is 19.5 Å². The average Bonchev–Trinajstić information content (AvgIpc) is 3.17. The molecule has 0 radical (unpaired) electrons. The molecule has 0 bridgehead atoms. The lowest BCUT2D eigenvalue weighted by Gasteiger charge is -2.30. The number of aromatic amines is 1. The number of amides is 1. The van der Waals surface area contributed by atoms with Crippen LogP contribution in [-0.4, -0.2) is 50.2 Å². The van der Waals surface area contributed by atoms with Crippen LogP contribution in [0.25, 0.3) is 0 Å². The first-order chi connectivity index (χ1) is 12.7. The number of anilines is 1. The van der Waals surface area contributed by atoms with Crippen LogP contribution in [0.1, 0.15) is 47.8 Å². The average molecular weight is 356 g/mol. The van der Waals surface area contributed by atoms with Crippen LogP contribution in [0.2, 0.25) is 0 Å². The first-order valence-corrected chi connectivity index (χ1v) is 9.34. The van der Waals surface area contributed by atoms with E-state index < -0.39 is 0 Å². The monoisotopic (exact) mass is 356 g/mol. The molecule has 4 rings (SSSR count). The van der Waals surface area contributed by atoms with Crippen molar-refractivity contribution in [3.63, 3.8) is 0 Å².